The SMILES string of the molecule is CCOC(=O)C1=C(C)OC(N)=C(C#N)[C@H]1c1cc2cc(C)ccc2nc1Cl. The Labute approximate surface area is 161 Å². The van der Waals surface area contributed by atoms with E-state index < -0.39 is 11.9 Å². The van der Waals surface area contributed by atoms with Gasteiger partial charge >= 0.3 is 5.97 Å². The van der Waals surface area contributed by atoms with Crippen molar-refractivity contribution in [2.45, 2.75) is 26.7 Å². The standard InChI is InChI=1S/C20H18ClN3O3/c1-4-26-20(25)16-11(3)27-19(23)14(9-22)17(16)13-8-12-7-10(2)5-6-15(12)24-18(13)21/h5-8,17H,4,23H2,1-3H3/t17-/m1/s1. The van der Waals surface area contributed by atoms with Crippen molar-refractivity contribution < 1.29 is 14.3 Å². The maximum absolute atomic E-state index is 12.6. The molecule has 2 heterocycles. The molecule has 1 aliphatic heterocycles. The number of halogens is 1. The van der Waals surface area contributed by atoms with Crippen LogP contribution in [0.25, 0.3) is 10.9 Å². The molecule has 2 aromatic rings. The van der Waals surface area contributed by atoms with E-state index in [0.717, 1.165) is 16.5 Å². The molecule has 0 aliphatic carbocycles. The monoisotopic (exact) mass is 383 g/mol. The van der Waals surface area contributed by atoms with Crippen molar-refractivity contribution in [3.8, 4) is 6.07 Å². The Balaban J connectivity index is 2.27. The molecule has 0 fully saturated rings. The third-order valence-electron chi connectivity index (χ3n) is 4.36. The summed E-state index contributed by atoms with van der Waals surface area (Å²) in [4.78, 5) is 17.0. The van der Waals surface area contributed by atoms with E-state index in [1.54, 1.807) is 13.8 Å². The van der Waals surface area contributed by atoms with Crippen LogP contribution in [0.3, 0.4) is 0 Å². The van der Waals surface area contributed by atoms with Gasteiger partial charge in [0, 0.05) is 10.9 Å². The molecule has 1 aromatic heterocycles. The molecule has 1 aromatic carbocycles. The highest BCUT2D eigenvalue weighted by atomic mass is 35.5. The lowest BCUT2D eigenvalue weighted by Gasteiger charge is -2.27. The first-order valence-electron chi connectivity index (χ1n) is 8.39. The van der Waals surface area contributed by atoms with Crippen LogP contribution < -0.4 is 5.73 Å². The van der Waals surface area contributed by atoms with Crippen LogP contribution in [0.2, 0.25) is 5.15 Å². The molecule has 27 heavy (non-hydrogen) atoms. The zero-order valence-electron chi connectivity index (χ0n) is 15.2. The van der Waals surface area contributed by atoms with Crippen molar-refractivity contribution in [3.63, 3.8) is 0 Å². The van der Waals surface area contributed by atoms with Gasteiger partial charge in [0.25, 0.3) is 0 Å². The molecule has 0 saturated carbocycles. The number of nitrogens with zero attached hydrogens (tertiary/aromatic N) is 2. The minimum atomic E-state index is -0.812. The molecule has 1 aliphatic rings. The molecule has 2 N–H and O–H groups in total. The second-order valence-electron chi connectivity index (χ2n) is 6.18. The van der Waals surface area contributed by atoms with Crippen LogP contribution in [0.15, 0.2) is 47.1 Å². The number of hydrogen-bond acceptors (Lipinski definition) is 6. The van der Waals surface area contributed by atoms with Gasteiger partial charge in [0.05, 0.1) is 23.6 Å². The van der Waals surface area contributed by atoms with Gasteiger partial charge in [-0.1, -0.05) is 23.2 Å². The summed E-state index contributed by atoms with van der Waals surface area (Å²) < 4.78 is 10.6. The van der Waals surface area contributed by atoms with Crippen LogP contribution in [-0.2, 0) is 14.3 Å². The maximum atomic E-state index is 12.6. The van der Waals surface area contributed by atoms with Crippen molar-refractivity contribution in [1.82, 2.24) is 4.98 Å². The molecule has 0 saturated heterocycles. The molecule has 3 rings (SSSR count). The van der Waals surface area contributed by atoms with Gasteiger partial charge in [-0.2, -0.15) is 5.26 Å². The van der Waals surface area contributed by atoms with E-state index >= 15 is 0 Å². The lowest BCUT2D eigenvalue weighted by Crippen LogP contribution is -2.25. The molecule has 6 nitrogen and oxygen atoms in total. The third-order valence-corrected chi connectivity index (χ3v) is 4.67. The number of carbonyl (C=O) groups excluding carboxylic acids is 1. The van der Waals surface area contributed by atoms with Gasteiger partial charge in [-0.05, 0) is 39.0 Å². The average molecular weight is 384 g/mol. The van der Waals surface area contributed by atoms with Crippen LogP contribution in [0.5, 0.6) is 0 Å². The number of nitriles is 1. The molecule has 0 bridgehead atoms. The Kier molecular flexibility index (Phi) is 5.06. The number of aryl methyl sites for hydroxylation is 1. The van der Waals surface area contributed by atoms with Crippen molar-refractivity contribution in [1.29, 1.82) is 5.26 Å². The lowest BCUT2D eigenvalue weighted by atomic mass is 9.83. The van der Waals surface area contributed by atoms with Gasteiger partial charge < -0.3 is 15.2 Å². The molecule has 0 spiro atoms. The van der Waals surface area contributed by atoms with E-state index in [1.165, 1.54) is 0 Å². The van der Waals surface area contributed by atoms with Crippen LogP contribution in [0.4, 0.5) is 0 Å². The van der Waals surface area contributed by atoms with Gasteiger partial charge in [-0.3, -0.25) is 0 Å². The highest BCUT2D eigenvalue weighted by Crippen LogP contribution is 2.42. The first kappa shape index (κ1) is 18.7. The number of allylic oxidation sites excluding steroid dienone is 2. The Hall–Kier alpha value is -3.04. The molecular formula is C20H18ClN3O3. The second-order valence-corrected chi connectivity index (χ2v) is 6.54. The Morgan fingerprint density at radius 1 is 1.41 bits per heavy atom. The Bertz CT molecular complexity index is 1050. The smallest absolute Gasteiger partial charge is 0.338 e. The number of fused-ring (bicyclic) bond motifs is 1. The van der Waals surface area contributed by atoms with Gasteiger partial charge in [-0.25, -0.2) is 9.78 Å². The Morgan fingerprint density at radius 2 is 2.15 bits per heavy atom. The first-order chi connectivity index (χ1) is 12.9. The molecule has 138 valence electrons. The summed E-state index contributed by atoms with van der Waals surface area (Å²) in [6.07, 6.45) is 0. The van der Waals surface area contributed by atoms with Crippen LogP contribution >= 0.6 is 11.6 Å². The van der Waals surface area contributed by atoms with E-state index in [4.69, 9.17) is 26.8 Å². The quantitative estimate of drug-likeness (QED) is 0.638. The predicted octanol–water partition coefficient (Wildman–Crippen LogP) is 3.84. The first-order valence-corrected chi connectivity index (χ1v) is 8.77. The summed E-state index contributed by atoms with van der Waals surface area (Å²) in [6, 6.07) is 9.63. The number of pyridine rings is 1. The van der Waals surface area contributed by atoms with Gasteiger partial charge in [-0.15, -0.1) is 0 Å². The predicted molar refractivity (Wildman–Crippen MR) is 101 cm³/mol. The fourth-order valence-corrected chi connectivity index (χ4v) is 3.41. The van der Waals surface area contributed by atoms with Gasteiger partial charge in [0.15, 0.2) is 0 Å². The van der Waals surface area contributed by atoms with Crippen molar-refractivity contribution in [3.05, 3.63) is 63.3 Å². The zero-order valence-corrected chi connectivity index (χ0v) is 15.9. The lowest BCUT2D eigenvalue weighted by molar-refractivity contribution is -0.139. The third kappa shape index (κ3) is 3.34. The van der Waals surface area contributed by atoms with Crippen molar-refractivity contribution in [2.24, 2.45) is 5.73 Å². The molecule has 0 unspecified atom stereocenters. The summed E-state index contributed by atoms with van der Waals surface area (Å²) in [5.41, 5.74) is 8.48. The summed E-state index contributed by atoms with van der Waals surface area (Å²) in [7, 11) is 0. The molecule has 0 amide bonds. The average Bonchev–Trinajstić information content (AvgIpc) is 2.61. The minimum Gasteiger partial charge on any atom is -0.463 e. The zero-order chi connectivity index (χ0) is 19.7. The number of rotatable bonds is 3. The molecule has 1 atom stereocenters. The Morgan fingerprint density at radius 3 is 2.81 bits per heavy atom. The minimum absolute atomic E-state index is 0.0616. The molecular weight excluding hydrogens is 366 g/mol. The van der Waals surface area contributed by atoms with E-state index in [0.29, 0.717) is 5.56 Å². The van der Waals surface area contributed by atoms with Crippen LogP contribution in [-0.4, -0.2) is 17.6 Å². The maximum Gasteiger partial charge on any atom is 0.338 e. The van der Waals surface area contributed by atoms with Crippen LogP contribution in [0, 0.1) is 18.3 Å². The summed E-state index contributed by atoms with van der Waals surface area (Å²) in [5.74, 6) is -1.18. The number of esters is 1. The van der Waals surface area contributed by atoms with Crippen molar-refractivity contribution >= 4 is 28.5 Å². The highest BCUT2D eigenvalue weighted by molar-refractivity contribution is 6.30. The number of aromatic nitrogens is 1. The number of ether oxygens (including phenoxy) is 2. The fraction of sp³-hybridized carbons (Fsp3) is 0.250. The molecule has 7 heteroatoms. The number of carbonyl (C=O) groups is 1. The second kappa shape index (κ2) is 7.29. The van der Waals surface area contributed by atoms with E-state index in [9.17, 15) is 10.1 Å². The van der Waals surface area contributed by atoms with E-state index in [2.05, 4.69) is 4.98 Å². The molecule has 0 radical (unpaired) electrons. The number of hydrogen-bond donors (Lipinski definition) is 1. The van der Waals surface area contributed by atoms with Crippen molar-refractivity contribution in [2.75, 3.05) is 6.61 Å². The summed E-state index contributed by atoms with van der Waals surface area (Å²) >= 11 is 6.44. The summed E-state index contributed by atoms with van der Waals surface area (Å²) in [5, 5.41) is 10.7. The largest absolute Gasteiger partial charge is 0.463 e. The van der Waals surface area contributed by atoms with Gasteiger partial charge in [0.2, 0.25) is 5.88 Å². The van der Waals surface area contributed by atoms with Gasteiger partial charge in [0.1, 0.15) is 22.6 Å². The summed E-state index contributed by atoms with van der Waals surface area (Å²) in [6.45, 7) is 5.46. The van der Waals surface area contributed by atoms with E-state index in [1.807, 2.05) is 37.3 Å². The number of nitrogens with two attached hydrogens (primary N) is 1. The number of benzene rings is 1. The fourth-order valence-electron chi connectivity index (χ4n) is 3.16. The van der Waals surface area contributed by atoms with Crippen LogP contribution in [0.1, 0.15) is 30.9 Å². The highest BCUT2D eigenvalue weighted by Gasteiger charge is 2.37. The van der Waals surface area contributed by atoms with E-state index in [-0.39, 0.29) is 34.5 Å². The topological polar surface area (TPSA) is 98.2 Å². The normalized spacial score (nSPS) is 16.9.